The van der Waals surface area contributed by atoms with Gasteiger partial charge in [-0.1, -0.05) is 71.4 Å². The first-order chi connectivity index (χ1) is 18.9. The number of ketones is 1. The highest BCUT2D eigenvalue weighted by Gasteiger charge is 2.65. The van der Waals surface area contributed by atoms with E-state index in [2.05, 4.69) is 46.0 Å². The number of carbonyl (C=O) groups is 2. The SMILES string of the molecule is COc1cc(OC)cc(C(=O)[C@H]2[C@H](C)[C@H](NC(=O)c3ccc4ccccc4c3)C[C@@]3(C)C(C)(C)CCC[C@]23C)c1. The van der Waals surface area contributed by atoms with Crippen molar-refractivity contribution in [3.05, 3.63) is 71.8 Å². The van der Waals surface area contributed by atoms with Gasteiger partial charge in [-0.05, 0) is 76.5 Å². The predicted octanol–water partition coefficient (Wildman–Crippen LogP) is 7.72. The second kappa shape index (κ2) is 10.2. The summed E-state index contributed by atoms with van der Waals surface area (Å²) in [5.74, 6) is 0.887. The quantitative estimate of drug-likeness (QED) is 0.325. The molecule has 5 rings (SSSR count). The second-order valence-corrected chi connectivity index (χ2v) is 13.1. The Morgan fingerprint density at radius 3 is 2.12 bits per heavy atom. The van der Waals surface area contributed by atoms with Crippen LogP contribution >= 0.6 is 0 Å². The Morgan fingerprint density at radius 1 is 0.825 bits per heavy atom. The third-order valence-electron chi connectivity index (χ3n) is 11.0. The van der Waals surface area contributed by atoms with E-state index >= 15 is 0 Å². The van der Waals surface area contributed by atoms with E-state index in [0.717, 1.165) is 36.5 Å². The van der Waals surface area contributed by atoms with Gasteiger partial charge in [0.2, 0.25) is 0 Å². The Balaban J connectivity index is 1.55. The Hall–Kier alpha value is -3.34. The van der Waals surface area contributed by atoms with Gasteiger partial charge < -0.3 is 14.8 Å². The van der Waals surface area contributed by atoms with E-state index in [9.17, 15) is 9.59 Å². The van der Waals surface area contributed by atoms with Gasteiger partial charge in [0.05, 0.1) is 14.2 Å². The molecule has 2 saturated carbocycles. The van der Waals surface area contributed by atoms with Crippen LogP contribution in [0.25, 0.3) is 10.8 Å². The van der Waals surface area contributed by atoms with Crippen LogP contribution in [-0.4, -0.2) is 32.0 Å². The highest BCUT2D eigenvalue weighted by Crippen LogP contribution is 2.69. The lowest BCUT2D eigenvalue weighted by atomic mass is 9.38. The van der Waals surface area contributed by atoms with Crippen LogP contribution in [0.1, 0.15) is 81.0 Å². The van der Waals surface area contributed by atoms with Crippen LogP contribution in [0.15, 0.2) is 60.7 Å². The number of fused-ring (bicyclic) bond motifs is 2. The molecular formula is C35H43NO4. The molecule has 0 saturated heterocycles. The fourth-order valence-electron chi connectivity index (χ4n) is 8.09. The number of methoxy groups -OCH3 is 2. The molecule has 3 aromatic rings. The van der Waals surface area contributed by atoms with Crippen molar-refractivity contribution < 1.29 is 19.1 Å². The lowest BCUT2D eigenvalue weighted by Crippen LogP contribution is -2.65. The average Bonchev–Trinajstić information content (AvgIpc) is 2.94. The summed E-state index contributed by atoms with van der Waals surface area (Å²) in [6, 6.07) is 19.2. The molecule has 0 spiro atoms. The fourth-order valence-corrected chi connectivity index (χ4v) is 8.09. The molecule has 2 aliphatic rings. The molecule has 0 bridgehead atoms. The molecular weight excluding hydrogens is 498 g/mol. The minimum atomic E-state index is -0.274. The zero-order valence-corrected chi connectivity index (χ0v) is 25.0. The first kappa shape index (κ1) is 28.2. The molecule has 40 heavy (non-hydrogen) atoms. The Bertz CT molecular complexity index is 1420. The van der Waals surface area contributed by atoms with E-state index in [-0.39, 0.29) is 45.8 Å². The number of nitrogens with one attached hydrogen (secondary N) is 1. The van der Waals surface area contributed by atoms with Crippen molar-refractivity contribution in [2.45, 2.75) is 66.3 Å². The minimum Gasteiger partial charge on any atom is -0.497 e. The zero-order valence-electron chi connectivity index (χ0n) is 25.0. The lowest BCUT2D eigenvalue weighted by Gasteiger charge is -2.67. The van der Waals surface area contributed by atoms with Crippen LogP contribution in [0, 0.1) is 28.1 Å². The van der Waals surface area contributed by atoms with Crippen LogP contribution in [-0.2, 0) is 0 Å². The molecule has 0 heterocycles. The van der Waals surface area contributed by atoms with E-state index in [1.165, 1.54) is 0 Å². The van der Waals surface area contributed by atoms with Crippen molar-refractivity contribution in [1.29, 1.82) is 0 Å². The monoisotopic (exact) mass is 541 g/mol. The Labute approximate surface area is 238 Å². The number of rotatable bonds is 6. The van der Waals surface area contributed by atoms with Gasteiger partial charge in [0, 0.05) is 29.2 Å². The number of hydrogen-bond acceptors (Lipinski definition) is 4. The minimum absolute atomic E-state index is 0.0106. The molecule has 0 aromatic heterocycles. The maximum Gasteiger partial charge on any atom is 0.251 e. The first-order valence-electron chi connectivity index (χ1n) is 14.5. The summed E-state index contributed by atoms with van der Waals surface area (Å²) in [5, 5.41) is 5.55. The summed E-state index contributed by atoms with van der Waals surface area (Å²) >= 11 is 0. The summed E-state index contributed by atoms with van der Waals surface area (Å²) in [6.07, 6.45) is 4.01. The third-order valence-corrected chi connectivity index (χ3v) is 11.0. The molecule has 5 nitrogen and oxygen atoms in total. The van der Waals surface area contributed by atoms with Crippen LogP contribution in [0.2, 0.25) is 0 Å². The number of benzene rings is 3. The zero-order chi connectivity index (χ0) is 28.9. The van der Waals surface area contributed by atoms with Crippen molar-refractivity contribution in [2.24, 2.45) is 28.1 Å². The summed E-state index contributed by atoms with van der Waals surface area (Å²) in [4.78, 5) is 28.3. The number of hydrogen-bond donors (Lipinski definition) is 1. The highest BCUT2D eigenvalue weighted by atomic mass is 16.5. The van der Waals surface area contributed by atoms with E-state index in [1.54, 1.807) is 20.3 Å². The summed E-state index contributed by atoms with van der Waals surface area (Å²) < 4.78 is 11.0. The van der Waals surface area contributed by atoms with Gasteiger partial charge in [-0.2, -0.15) is 0 Å². The van der Waals surface area contributed by atoms with Gasteiger partial charge in [0.1, 0.15) is 11.5 Å². The topological polar surface area (TPSA) is 64.6 Å². The van der Waals surface area contributed by atoms with Gasteiger partial charge in [0.25, 0.3) is 5.91 Å². The van der Waals surface area contributed by atoms with Gasteiger partial charge in [-0.15, -0.1) is 0 Å². The molecule has 1 amide bonds. The molecule has 0 unspecified atom stereocenters. The van der Waals surface area contributed by atoms with Crippen LogP contribution in [0.5, 0.6) is 11.5 Å². The standard InChI is InChI=1S/C35H43NO4/c1-22-29(36-32(38)25-14-13-23-11-8-9-12-24(23)17-25)21-35(5)33(2,3)15-10-16-34(35,4)30(22)31(37)26-18-27(39-6)20-28(19-26)40-7/h8-9,11-14,17-20,22,29-30H,10,15-16,21H2,1-7H3,(H,36,38)/t22-,29-,30-,34-,35+/m1/s1. The van der Waals surface area contributed by atoms with E-state index in [4.69, 9.17) is 9.47 Å². The van der Waals surface area contributed by atoms with E-state index in [1.807, 2.05) is 48.5 Å². The van der Waals surface area contributed by atoms with Gasteiger partial charge in [-0.25, -0.2) is 0 Å². The predicted molar refractivity (Wildman–Crippen MR) is 160 cm³/mol. The summed E-state index contributed by atoms with van der Waals surface area (Å²) in [7, 11) is 3.21. The average molecular weight is 542 g/mol. The molecule has 1 N–H and O–H groups in total. The first-order valence-corrected chi connectivity index (χ1v) is 14.5. The number of amides is 1. The van der Waals surface area contributed by atoms with Gasteiger partial charge in [-0.3, -0.25) is 9.59 Å². The molecule has 5 atom stereocenters. The smallest absolute Gasteiger partial charge is 0.251 e. The third kappa shape index (κ3) is 4.48. The Morgan fingerprint density at radius 2 is 1.48 bits per heavy atom. The van der Waals surface area contributed by atoms with Crippen LogP contribution in [0.3, 0.4) is 0 Å². The summed E-state index contributed by atoms with van der Waals surface area (Å²) in [5.41, 5.74) is 0.867. The molecule has 5 heteroatoms. The van der Waals surface area contributed by atoms with Crippen molar-refractivity contribution >= 4 is 22.5 Å². The van der Waals surface area contributed by atoms with Gasteiger partial charge in [0.15, 0.2) is 5.78 Å². The van der Waals surface area contributed by atoms with Crippen LogP contribution < -0.4 is 14.8 Å². The highest BCUT2D eigenvalue weighted by molar-refractivity contribution is 6.00. The largest absolute Gasteiger partial charge is 0.497 e. The van der Waals surface area contributed by atoms with E-state index < -0.39 is 0 Å². The van der Waals surface area contributed by atoms with Crippen molar-refractivity contribution in [3.63, 3.8) is 0 Å². The van der Waals surface area contributed by atoms with Crippen molar-refractivity contribution in [3.8, 4) is 11.5 Å². The molecule has 2 aliphatic carbocycles. The summed E-state index contributed by atoms with van der Waals surface area (Å²) in [6.45, 7) is 11.5. The number of Topliss-reactive ketones (excluding diaryl/α,β-unsaturated/α-hetero) is 1. The normalized spacial score (nSPS) is 29.3. The van der Waals surface area contributed by atoms with Crippen molar-refractivity contribution in [2.75, 3.05) is 14.2 Å². The molecule has 0 radical (unpaired) electrons. The maximum atomic E-state index is 14.6. The second-order valence-electron chi connectivity index (χ2n) is 13.1. The number of ether oxygens (including phenoxy) is 2. The van der Waals surface area contributed by atoms with Crippen LogP contribution in [0.4, 0.5) is 0 Å². The fraction of sp³-hybridized carbons (Fsp3) is 0.486. The number of carbonyl (C=O) groups excluding carboxylic acids is 2. The van der Waals surface area contributed by atoms with Gasteiger partial charge >= 0.3 is 0 Å². The molecule has 0 aliphatic heterocycles. The Kier molecular flexibility index (Phi) is 7.22. The van der Waals surface area contributed by atoms with Crippen molar-refractivity contribution in [1.82, 2.24) is 5.32 Å². The maximum absolute atomic E-state index is 14.6. The van der Waals surface area contributed by atoms with E-state index in [0.29, 0.717) is 22.6 Å². The lowest BCUT2D eigenvalue weighted by molar-refractivity contribution is -0.163. The molecule has 212 valence electrons. The molecule has 3 aromatic carbocycles. The molecule has 2 fully saturated rings.